The second kappa shape index (κ2) is 6.41. The predicted octanol–water partition coefficient (Wildman–Crippen LogP) is 0.590. The van der Waals surface area contributed by atoms with Crippen LogP contribution in [-0.4, -0.2) is 43.8 Å². The van der Waals surface area contributed by atoms with Crippen LogP contribution in [0.2, 0.25) is 0 Å². The van der Waals surface area contributed by atoms with E-state index in [2.05, 4.69) is 5.32 Å². The van der Waals surface area contributed by atoms with Crippen molar-refractivity contribution in [3.05, 3.63) is 35.9 Å². The maximum absolute atomic E-state index is 11.5. The van der Waals surface area contributed by atoms with Gasteiger partial charge in [-0.3, -0.25) is 10.1 Å². The second-order valence-corrected chi connectivity index (χ2v) is 5.25. The Morgan fingerprint density at radius 2 is 2.26 bits per heavy atom. The second-order valence-electron chi connectivity index (χ2n) is 5.25. The fourth-order valence-corrected chi connectivity index (χ4v) is 2.56. The van der Waals surface area contributed by atoms with E-state index in [0.29, 0.717) is 30.3 Å². The number of aliphatic hydroxyl groups is 1. The normalized spacial score (nSPS) is 20.6. The summed E-state index contributed by atoms with van der Waals surface area (Å²) in [5.74, 6) is 0.509. The van der Waals surface area contributed by atoms with E-state index in [0.717, 1.165) is 10.8 Å². The molecule has 0 bridgehead atoms. The van der Waals surface area contributed by atoms with E-state index in [-0.39, 0.29) is 6.04 Å². The fraction of sp³-hybridized carbons (Fsp3) is 0.312. The number of carbonyl (C=O) groups is 1. The molecule has 0 radical (unpaired) electrons. The van der Waals surface area contributed by atoms with Crippen LogP contribution in [0.5, 0.6) is 11.5 Å². The Hall–Kier alpha value is -2.35. The van der Waals surface area contributed by atoms with Crippen LogP contribution < -0.4 is 20.5 Å². The van der Waals surface area contributed by atoms with Gasteiger partial charge in [-0.1, -0.05) is 12.1 Å². The Balaban J connectivity index is 1.89. The van der Waals surface area contributed by atoms with Gasteiger partial charge in [-0.05, 0) is 23.6 Å². The topological polar surface area (TPSA) is 103 Å². The molecule has 1 unspecified atom stereocenters. The lowest BCUT2D eigenvalue weighted by Gasteiger charge is -2.14. The minimum Gasteiger partial charge on any atom is -0.496 e. The molecule has 0 saturated carbocycles. The van der Waals surface area contributed by atoms with Gasteiger partial charge >= 0.3 is 0 Å². The Bertz CT molecular complexity index is 734. The minimum atomic E-state index is -0.950. The van der Waals surface area contributed by atoms with Crippen LogP contribution in [0.4, 0.5) is 0 Å². The molecule has 0 aliphatic carbocycles. The largest absolute Gasteiger partial charge is 0.496 e. The van der Waals surface area contributed by atoms with Crippen molar-refractivity contribution >= 4 is 16.7 Å². The first-order chi connectivity index (χ1) is 11.1. The van der Waals surface area contributed by atoms with Crippen molar-refractivity contribution in [3.63, 3.8) is 0 Å². The van der Waals surface area contributed by atoms with Crippen LogP contribution in [0, 0.1) is 0 Å². The molecule has 1 fully saturated rings. The molecule has 122 valence electrons. The summed E-state index contributed by atoms with van der Waals surface area (Å²) in [6.07, 6.45) is -0.950. The molecule has 2 aromatic rings. The number of hydrogen-bond donors (Lipinski definition) is 3. The summed E-state index contributed by atoms with van der Waals surface area (Å²) >= 11 is 0. The van der Waals surface area contributed by atoms with Gasteiger partial charge in [0.1, 0.15) is 18.1 Å². The van der Waals surface area contributed by atoms with Crippen LogP contribution in [-0.2, 0) is 4.74 Å². The van der Waals surface area contributed by atoms with Crippen molar-refractivity contribution in [1.29, 1.82) is 0 Å². The van der Waals surface area contributed by atoms with Crippen LogP contribution in [0.25, 0.3) is 10.8 Å². The molecule has 2 aromatic carbocycles. The third-order valence-corrected chi connectivity index (χ3v) is 3.70. The quantitative estimate of drug-likeness (QED) is 0.745. The zero-order valence-corrected chi connectivity index (χ0v) is 12.6. The average molecular weight is 318 g/mol. The molecule has 2 atom stereocenters. The molecule has 1 aliphatic rings. The Kier molecular flexibility index (Phi) is 4.33. The number of rotatable bonds is 5. The van der Waals surface area contributed by atoms with Crippen molar-refractivity contribution in [2.75, 3.05) is 20.3 Å². The molecule has 7 nitrogen and oxygen atoms in total. The number of benzene rings is 2. The smallest absolute Gasteiger partial charge is 0.252 e. The Labute approximate surface area is 132 Å². The molecule has 3 rings (SSSR count). The lowest BCUT2D eigenvalue weighted by atomic mass is 10.0. The van der Waals surface area contributed by atoms with E-state index in [9.17, 15) is 9.90 Å². The van der Waals surface area contributed by atoms with E-state index in [4.69, 9.17) is 19.9 Å². The first kappa shape index (κ1) is 15.5. The van der Waals surface area contributed by atoms with Crippen molar-refractivity contribution in [2.24, 2.45) is 5.73 Å². The maximum atomic E-state index is 11.5. The van der Waals surface area contributed by atoms with Gasteiger partial charge in [0, 0.05) is 5.39 Å². The number of aliphatic hydroxyl groups excluding tert-OH is 1. The lowest BCUT2D eigenvalue weighted by Crippen LogP contribution is -2.34. The number of amides is 1. The number of carbonyl (C=O) groups excluding carboxylic acids is 1. The molecule has 1 amide bonds. The zero-order valence-electron chi connectivity index (χ0n) is 12.6. The monoisotopic (exact) mass is 318 g/mol. The summed E-state index contributed by atoms with van der Waals surface area (Å²) < 4.78 is 16.1. The van der Waals surface area contributed by atoms with Gasteiger partial charge in [-0.25, -0.2) is 0 Å². The third-order valence-electron chi connectivity index (χ3n) is 3.70. The number of fused-ring (bicyclic) bond motifs is 1. The van der Waals surface area contributed by atoms with Crippen molar-refractivity contribution in [2.45, 2.75) is 12.5 Å². The van der Waals surface area contributed by atoms with Crippen LogP contribution in [0.15, 0.2) is 30.3 Å². The van der Waals surface area contributed by atoms with Gasteiger partial charge < -0.3 is 25.1 Å². The summed E-state index contributed by atoms with van der Waals surface area (Å²) in [4.78, 5) is 11.5. The predicted molar refractivity (Wildman–Crippen MR) is 83.4 cm³/mol. The number of nitrogens with one attached hydrogen (secondary N) is 1. The highest BCUT2D eigenvalue weighted by Gasteiger charge is 2.23. The zero-order chi connectivity index (χ0) is 16.4. The summed E-state index contributed by atoms with van der Waals surface area (Å²) in [6, 6.07) is 8.86. The highest BCUT2D eigenvalue weighted by atomic mass is 16.6. The first-order valence-electron chi connectivity index (χ1n) is 7.17. The molecule has 0 spiro atoms. The van der Waals surface area contributed by atoms with Gasteiger partial charge in [-0.2, -0.15) is 0 Å². The number of methoxy groups -OCH3 is 1. The number of primary amides is 1. The Morgan fingerprint density at radius 1 is 1.43 bits per heavy atom. The number of hydrogen-bond acceptors (Lipinski definition) is 6. The highest BCUT2D eigenvalue weighted by molar-refractivity contribution is 6.02. The van der Waals surface area contributed by atoms with Crippen molar-refractivity contribution < 1.29 is 24.1 Å². The highest BCUT2D eigenvalue weighted by Crippen LogP contribution is 2.32. The molecule has 1 aliphatic heterocycles. The lowest BCUT2D eigenvalue weighted by molar-refractivity contribution is -0.0719. The average Bonchev–Trinajstić information content (AvgIpc) is 2.96. The molecule has 4 N–H and O–H groups in total. The van der Waals surface area contributed by atoms with Crippen LogP contribution in [0.1, 0.15) is 10.4 Å². The standard InChI is InChI=1S/C16H18N2O5/c1-21-14-6-11-9(5-12(14)15(17)19)3-2-4-13(11)22-7-10-8-23-16(20)18-10/h2-6,10,16,18,20H,7-8H2,1H3,(H2,17,19)/t10-,16?/m1/s1. The van der Waals surface area contributed by atoms with Crippen molar-refractivity contribution in [1.82, 2.24) is 5.32 Å². The number of ether oxygens (including phenoxy) is 3. The van der Waals surface area contributed by atoms with E-state index in [1.54, 1.807) is 12.1 Å². The molecule has 0 aromatic heterocycles. The molecule has 7 heteroatoms. The Morgan fingerprint density at radius 3 is 2.91 bits per heavy atom. The maximum Gasteiger partial charge on any atom is 0.252 e. The van der Waals surface area contributed by atoms with E-state index < -0.39 is 12.3 Å². The van der Waals surface area contributed by atoms with Gasteiger partial charge in [0.15, 0.2) is 0 Å². The van der Waals surface area contributed by atoms with Crippen molar-refractivity contribution in [3.8, 4) is 11.5 Å². The SMILES string of the molecule is COc1cc2c(OC[C@@H]3COC(O)N3)cccc2cc1C(N)=O. The van der Waals surface area contributed by atoms with Crippen LogP contribution in [0.3, 0.4) is 0 Å². The van der Waals surface area contributed by atoms with E-state index in [1.807, 2.05) is 18.2 Å². The molecule has 23 heavy (non-hydrogen) atoms. The first-order valence-corrected chi connectivity index (χ1v) is 7.17. The van der Waals surface area contributed by atoms with Crippen LogP contribution >= 0.6 is 0 Å². The minimum absolute atomic E-state index is 0.0907. The fourth-order valence-electron chi connectivity index (χ4n) is 2.56. The summed E-state index contributed by atoms with van der Waals surface area (Å²) in [5, 5.41) is 13.8. The van der Waals surface area contributed by atoms with E-state index >= 15 is 0 Å². The summed E-state index contributed by atoms with van der Waals surface area (Å²) in [5.41, 5.74) is 5.70. The molecular formula is C16H18N2O5. The molecular weight excluding hydrogens is 300 g/mol. The van der Waals surface area contributed by atoms with Gasteiger partial charge in [-0.15, -0.1) is 0 Å². The number of nitrogens with two attached hydrogens (primary N) is 1. The van der Waals surface area contributed by atoms with Gasteiger partial charge in [0.2, 0.25) is 6.41 Å². The summed E-state index contributed by atoms with van der Waals surface area (Å²) in [7, 11) is 1.48. The third kappa shape index (κ3) is 3.21. The van der Waals surface area contributed by atoms with Gasteiger partial charge in [0.25, 0.3) is 5.91 Å². The van der Waals surface area contributed by atoms with E-state index in [1.165, 1.54) is 7.11 Å². The molecule has 1 heterocycles. The molecule has 1 saturated heterocycles. The van der Waals surface area contributed by atoms with Gasteiger partial charge in [0.05, 0.1) is 25.3 Å². The summed E-state index contributed by atoms with van der Waals surface area (Å²) in [6.45, 7) is 0.719.